The van der Waals surface area contributed by atoms with Crippen molar-refractivity contribution in [2.24, 2.45) is 0 Å². The van der Waals surface area contributed by atoms with E-state index in [-0.39, 0.29) is 12.0 Å². The number of anilines is 2. The Morgan fingerprint density at radius 2 is 1.91 bits per heavy atom. The molecule has 2 saturated heterocycles. The average molecular weight is 318 g/mol. The van der Waals surface area contributed by atoms with E-state index in [0.29, 0.717) is 6.54 Å². The number of aliphatic hydroxyl groups is 1. The minimum Gasteiger partial charge on any atom is -0.393 e. The summed E-state index contributed by atoms with van der Waals surface area (Å²) in [6.45, 7) is 4.07. The zero-order chi connectivity index (χ0) is 16.1. The molecule has 3 rings (SSSR count). The fourth-order valence-electron chi connectivity index (χ4n) is 3.25. The van der Waals surface area contributed by atoms with Crippen LogP contribution in [0.5, 0.6) is 0 Å². The molecule has 0 unspecified atom stereocenters. The highest BCUT2D eigenvalue weighted by molar-refractivity contribution is 5.92. The predicted octanol–water partition coefficient (Wildman–Crippen LogP) is 1.47. The summed E-state index contributed by atoms with van der Waals surface area (Å²) in [4.78, 5) is 21.0. The van der Waals surface area contributed by atoms with E-state index in [4.69, 9.17) is 0 Å². The third-order valence-electron chi connectivity index (χ3n) is 4.64. The number of pyridine rings is 1. The lowest BCUT2D eigenvalue weighted by Crippen LogP contribution is -2.40. The monoisotopic (exact) mass is 318 g/mol. The lowest BCUT2D eigenvalue weighted by atomic mass is 10.1. The van der Waals surface area contributed by atoms with Crippen LogP contribution in [0, 0.1) is 0 Å². The third-order valence-corrected chi connectivity index (χ3v) is 4.64. The minimum atomic E-state index is -0.208. The molecule has 1 aromatic heterocycles. The van der Waals surface area contributed by atoms with Crippen molar-refractivity contribution >= 4 is 17.4 Å². The molecule has 6 nitrogen and oxygen atoms in total. The maximum atomic E-state index is 12.1. The predicted molar refractivity (Wildman–Crippen MR) is 90.6 cm³/mol. The summed E-state index contributed by atoms with van der Waals surface area (Å²) in [6, 6.07) is 3.91. The molecule has 2 N–H and O–H groups in total. The molecule has 6 heteroatoms. The van der Waals surface area contributed by atoms with Gasteiger partial charge in [0.15, 0.2) is 0 Å². The molecule has 3 heterocycles. The largest absolute Gasteiger partial charge is 0.393 e. The number of aliphatic hydroxyl groups excluding tert-OH is 1. The first-order chi connectivity index (χ1) is 11.2. The Morgan fingerprint density at radius 1 is 1.17 bits per heavy atom. The van der Waals surface area contributed by atoms with E-state index < -0.39 is 0 Å². The van der Waals surface area contributed by atoms with E-state index in [0.717, 1.165) is 50.5 Å². The molecule has 0 spiro atoms. The second-order valence-corrected chi connectivity index (χ2v) is 6.51. The van der Waals surface area contributed by atoms with E-state index in [9.17, 15) is 9.90 Å². The van der Waals surface area contributed by atoms with Gasteiger partial charge in [0.25, 0.3) is 0 Å². The maximum Gasteiger partial charge on any atom is 0.238 e. The molecule has 0 atom stereocenters. The number of hydrogen-bond donors (Lipinski definition) is 2. The quantitative estimate of drug-likeness (QED) is 0.880. The summed E-state index contributed by atoms with van der Waals surface area (Å²) in [5.41, 5.74) is 0.743. The van der Waals surface area contributed by atoms with E-state index in [1.165, 1.54) is 19.3 Å². The Morgan fingerprint density at radius 3 is 2.57 bits per heavy atom. The zero-order valence-corrected chi connectivity index (χ0v) is 13.6. The Bertz CT molecular complexity index is 506. The first-order valence-corrected chi connectivity index (χ1v) is 8.62. The number of carbonyl (C=O) groups is 1. The lowest BCUT2D eigenvalue weighted by molar-refractivity contribution is -0.117. The first-order valence-electron chi connectivity index (χ1n) is 8.62. The summed E-state index contributed by atoms with van der Waals surface area (Å²) in [5.74, 6) is 0.974. The summed E-state index contributed by atoms with van der Waals surface area (Å²) in [7, 11) is 0. The van der Waals surface area contributed by atoms with Crippen molar-refractivity contribution in [3.05, 3.63) is 18.3 Å². The van der Waals surface area contributed by atoms with Crippen LogP contribution in [0.2, 0.25) is 0 Å². The number of piperidine rings is 2. The maximum absolute atomic E-state index is 12.1. The van der Waals surface area contributed by atoms with Gasteiger partial charge >= 0.3 is 0 Å². The Kier molecular flexibility index (Phi) is 5.46. The van der Waals surface area contributed by atoms with Crippen molar-refractivity contribution in [1.29, 1.82) is 0 Å². The zero-order valence-electron chi connectivity index (χ0n) is 13.6. The normalized spacial score (nSPS) is 20.5. The van der Waals surface area contributed by atoms with Crippen LogP contribution in [0.1, 0.15) is 32.1 Å². The molecule has 126 valence electrons. The summed E-state index contributed by atoms with van der Waals surface area (Å²) in [5, 5.41) is 12.4. The van der Waals surface area contributed by atoms with Crippen LogP contribution in [0.15, 0.2) is 18.3 Å². The molecule has 1 aromatic rings. The smallest absolute Gasteiger partial charge is 0.238 e. The van der Waals surface area contributed by atoms with Gasteiger partial charge in [0.1, 0.15) is 5.82 Å². The minimum absolute atomic E-state index is 0.0195. The average Bonchev–Trinajstić information content (AvgIpc) is 2.58. The Balaban J connectivity index is 1.48. The van der Waals surface area contributed by atoms with Crippen LogP contribution in [-0.4, -0.2) is 59.7 Å². The van der Waals surface area contributed by atoms with Gasteiger partial charge in [-0.15, -0.1) is 0 Å². The van der Waals surface area contributed by atoms with Gasteiger partial charge in [-0.2, -0.15) is 0 Å². The molecule has 0 radical (unpaired) electrons. The molecule has 2 aliphatic rings. The van der Waals surface area contributed by atoms with Gasteiger partial charge in [0, 0.05) is 26.2 Å². The van der Waals surface area contributed by atoms with Crippen LogP contribution < -0.4 is 10.2 Å². The fraction of sp³-hybridized carbons (Fsp3) is 0.647. The van der Waals surface area contributed by atoms with Crippen molar-refractivity contribution in [3.63, 3.8) is 0 Å². The van der Waals surface area contributed by atoms with Crippen molar-refractivity contribution in [2.75, 3.05) is 42.9 Å². The second kappa shape index (κ2) is 7.75. The van der Waals surface area contributed by atoms with Crippen molar-refractivity contribution < 1.29 is 9.90 Å². The molecule has 23 heavy (non-hydrogen) atoms. The summed E-state index contributed by atoms with van der Waals surface area (Å²) >= 11 is 0. The number of rotatable bonds is 4. The van der Waals surface area contributed by atoms with Gasteiger partial charge in [-0.25, -0.2) is 4.98 Å². The van der Waals surface area contributed by atoms with E-state index in [1.807, 2.05) is 12.1 Å². The van der Waals surface area contributed by atoms with Crippen molar-refractivity contribution in [1.82, 2.24) is 9.88 Å². The van der Waals surface area contributed by atoms with Gasteiger partial charge in [0.05, 0.1) is 24.5 Å². The highest BCUT2D eigenvalue weighted by atomic mass is 16.3. The van der Waals surface area contributed by atoms with Crippen LogP contribution in [0.25, 0.3) is 0 Å². The highest BCUT2D eigenvalue weighted by Crippen LogP contribution is 2.19. The number of aromatic nitrogens is 1. The van der Waals surface area contributed by atoms with Gasteiger partial charge in [-0.1, -0.05) is 0 Å². The molecule has 0 bridgehead atoms. The number of amides is 1. The van der Waals surface area contributed by atoms with E-state index >= 15 is 0 Å². The van der Waals surface area contributed by atoms with Crippen LogP contribution in [-0.2, 0) is 4.79 Å². The number of likely N-dealkylation sites (tertiary alicyclic amines) is 1. The molecule has 0 aliphatic carbocycles. The van der Waals surface area contributed by atoms with Crippen molar-refractivity contribution in [2.45, 2.75) is 38.2 Å². The van der Waals surface area contributed by atoms with Crippen LogP contribution in [0.4, 0.5) is 11.5 Å². The van der Waals surface area contributed by atoms with Crippen molar-refractivity contribution in [3.8, 4) is 0 Å². The second-order valence-electron chi connectivity index (χ2n) is 6.51. The number of nitrogens with one attached hydrogen (secondary N) is 1. The fourth-order valence-corrected chi connectivity index (χ4v) is 3.25. The number of nitrogens with zero attached hydrogens (tertiary/aromatic N) is 3. The van der Waals surface area contributed by atoms with E-state index in [2.05, 4.69) is 20.1 Å². The number of hydrogen-bond acceptors (Lipinski definition) is 5. The van der Waals surface area contributed by atoms with Crippen LogP contribution >= 0.6 is 0 Å². The van der Waals surface area contributed by atoms with E-state index in [1.54, 1.807) is 6.20 Å². The van der Waals surface area contributed by atoms with Gasteiger partial charge < -0.3 is 15.3 Å². The Labute approximate surface area is 137 Å². The molecule has 0 aromatic carbocycles. The molecular weight excluding hydrogens is 292 g/mol. The standard InChI is InChI=1S/C17H26N4O2/c22-15-6-10-20(11-7-15)13-17(23)19-14-4-5-16(18-12-14)21-8-2-1-3-9-21/h4-5,12,15,22H,1-3,6-11,13H2,(H,19,23). The SMILES string of the molecule is O=C(CN1CCC(O)CC1)Nc1ccc(N2CCCCC2)nc1. The molecule has 0 saturated carbocycles. The topological polar surface area (TPSA) is 68.7 Å². The molecule has 2 aliphatic heterocycles. The lowest BCUT2D eigenvalue weighted by Gasteiger charge is -2.29. The van der Waals surface area contributed by atoms with Gasteiger partial charge in [0.2, 0.25) is 5.91 Å². The molecular formula is C17H26N4O2. The van der Waals surface area contributed by atoms with Gasteiger partial charge in [-0.05, 0) is 44.2 Å². The summed E-state index contributed by atoms with van der Waals surface area (Å²) in [6.07, 6.45) is 6.79. The molecule has 1 amide bonds. The van der Waals surface area contributed by atoms with Gasteiger partial charge in [-0.3, -0.25) is 9.69 Å². The third kappa shape index (κ3) is 4.65. The summed E-state index contributed by atoms with van der Waals surface area (Å²) < 4.78 is 0. The molecule has 2 fully saturated rings. The number of carbonyl (C=O) groups excluding carboxylic acids is 1. The van der Waals surface area contributed by atoms with Crippen LogP contribution in [0.3, 0.4) is 0 Å². The highest BCUT2D eigenvalue weighted by Gasteiger charge is 2.19. The first kappa shape index (κ1) is 16.2. The Hall–Kier alpha value is -1.66.